The molecule has 0 unspecified atom stereocenters. The minimum Gasteiger partial charge on any atom is -0.492 e. The van der Waals surface area contributed by atoms with Crippen molar-refractivity contribution in [1.82, 2.24) is 0 Å². The highest BCUT2D eigenvalue weighted by molar-refractivity contribution is 5.87. The number of ether oxygens (including phenoxy) is 2. The van der Waals surface area contributed by atoms with Gasteiger partial charge in [-0.2, -0.15) is 0 Å². The number of aliphatic hydroxyl groups is 2. The first-order chi connectivity index (χ1) is 19.3. The molecule has 40 heavy (non-hydrogen) atoms. The summed E-state index contributed by atoms with van der Waals surface area (Å²) in [5, 5.41) is 18.6. The van der Waals surface area contributed by atoms with Crippen LogP contribution in [-0.4, -0.2) is 36.6 Å². The second-order valence-electron chi connectivity index (χ2n) is 10.3. The number of rotatable bonds is 12. The first kappa shape index (κ1) is 29.4. The third kappa shape index (κ3) is 5.26. The molecule has 2 N–H and O–H groups in total. The summed E-state index contributed by atoms with van der Waals surface area (Å²) < 4.78 is 11.5. The summed E-state index contributed by atoms with van der Waals surface area (Å²) in [5.41, 5.74) is 11.3. The second-order valence-corrected chi connectivity index (χ2v) is 10.3. The zero-order valence-electron chi connectivity index (χ0n) is 24.5. The van der Waals surface area contributed by atoms with Gasteiger partial charge >= 0.3 is 0 Å². The van der Waals surface area contributed by atoms with Crippen molar-refractivity contribution in [2.45, 2.75) is 52.9 Å². The van der Waals surface area contributed by atoms with Crippen molar-refractivity contribution in [3.05, 3.63) is 124 Å². The minimum atomic E-state index is -0.573. The first-order valence-corrected chi connectivity index (χ1v) is 14.3. The number of aryl methyl sites for hydroxylation is 3. The molecule has 0 heterocycles. The summed E-state index contributed by atoms with van der Waals surface area (Å²) in [6.07, 6.45) is 6.30. The molecule has 0 aliphatic heterocycles. The average Bonchev–Trinajstić information content (AvgIpc) is 3.27. The predicted molar refractivity (Wildman–Crippen MR) is 164 cm³/mol. The third-order valence-electron chi connectivity index (χ3n) is 7.96. The molecule has 0 saturated heterocycles. The Hall–Kier alpha value is -3.60. The monoisotopic (exact) mass is 538 g/mol. The topological polar surface area (TPSA) is 58.9 Å². The molecule has 4 heteroatoms. The smallest absolute Gasteiger partial charge is 0.122 e. The zero-order valence-corrected chi connectivity index (χ0v) is 24.5. The molecule has 210 valence electrons. The number of benzene rings is 3. The average molecular weight is 539 g/mol. The van der Waals surface area contributed by atoms with E-state index >= 15 is 0 Å². The fourth-order valence-corrected chi connectivity index (χ4v) is 5.86. The van der Waals surface area contributed by atoms with Crippen molar-refractivity contribution in [1.29, 1.82) is 0 Å². The summed E-state index contributed by atoms with van der Waals surface area (Å²) in [7, 11) is 0. The number of fused-ring (bicyclic) bond motifs is 3. The van der Waals surface area contributed by atoms with Crippen molar-refractivity contribution < 1.29 is 19.7 Å². The highest BCUT2D eigenvalue weighted by Crippen LogP contribution is 2.57. The van der Waals surface area contributed by atoms with Gasteiger partial charge in [0.15, 0.2) is 0 Å². The van der Waals surface area contributed by atoms with E-state index in [0.717, 1.165) is 40.9 Å². The van der Waals surface area contributed by atoms with Gasteiger partial charge in [-0.15, -0.1) is 0 Å². The van der Waals surface area contributed by atoms with Gasteiger partial charge in [-0.25, -0.2) is 0 Å². The van der Waals surface area contributed by atoms with Gasteiger partial charge in [0.05, 0.1) is 18.6 Å². The summed E-state index contributed by atoms with van der Waals surface area (Å²) in [6.45, 7) is 15.0. The lowest BCUT2D eigenvalue weighted by Gasteiger charge is -2.35. The quantitative estimate of drug-likeness (QED) is 0.189. The Labute approximate surface area is 239 Å². The van der Waals surface area contributed by atoms with Crippen LogP contribution in [0.3, 0.4) is 0 Å². The van der Waals surface area contributed by atoms with E-state index < -0.39 is 5.41 Å². The Bertz CT molecular complexity index is 1390. The van der Waals surface area contributed by atoms with Crippen LogP contribution in [0, 0.1) is 6.92 Å². The number of hydrogen-bond acceptors (Lipinski definition) is 4. The molecule has 1 aliphatic carbocycles. The van der Waals surface area contributed by atoms with E-state index in [-0.39, 0.29) is 26.4 Å². The molecule has 0 fully saturated rings. The number of hydrogen-bond donors (Lipinski definition) is 2. The summed E-state index contributed by atoms with van der Waals surface area (Å²) in [5.74, 6) is 1.32. The molecule has 4 nitrogen and oxygen atoms in total. The van der Waals surface area contributed by atoms with Gasteiger partial charge in [-0.05, 0) is 95.3 Å². The first-order valence-electron chi connectivity index (χ1n) is 14.3. The van der Waals surface area contributed by atoms with E-state index in [4.69, 9.17) is 9.47 Å². The van der Waals surface area contributed by atoms with Crippen molar-refractivity contribution in [2.24, 2.45) is 0 Å². The van der Waals surface area contributed by atoms with Crippen molar-refractivity contribution in [2.75, 3.05) is 26.4 Å². The summed E-state index contributed by atoms with van der Waals surface area (Å²) in [4.78, 5) is 0. The van der Waals surface area contributed by atoms with Gasteiger partial charge in [0, 0.05) is 0 Å². The van der Waals surface area contributed by atoms with Crippen LogP contribution in [0.25, 0.3) is 11.1 Å². The molecule has 0 atom stereocenters. The van der Waals surface area contributed by atoms with Gasteiger partial charge in [-0.3, -0.25) is 0 Å². The molecule has 3 aromatic rings. The number of aliphatic hydroxyl groups excluding tert-OH is 2. The highest BCUT2D eigenvalue weighted by Gasteiger charge is 2.47. The Kier molecular flexibility index (Phi) is 9.34. The van der Waals surface area contributed by atoms with Gasteiger partial charge in [0.1, 0.15) is 24.7 Å². The van der Waals surface area contributed by atoms with Crippen LogP contribution in [0.4, 0.5) is 0 Å². The molecule has 0 radical (unpaired) electrons. The predicted octanol–water partition coefficient (Wildman–Crippen LogP) is 7.22. The standard InChI is InChI=1S/C36H42O4/c1-7-27-10-13-33-31(22-27)32-23-28(8-2)11-14-34(32)36(33,29(9-3)20-24(4)26(6)39-18-16-37)30-12-15-35(25(5)21-30)40-19-17-38/h9-15,20-23,37-38H,6-8,16-19H2,1-5H3/b24-20-,29-9+. The maximum absolute atomic E-state index is 9.31. The van der Waals surface area contributed by atoms with Crippen LogP contribution >= 0.6 is 0 Å². The maximum atomic E-state index is 9.31. The normalized spacial score (nSPS) is 14.1. The summed E-state index contributed by atoms with van der Waals surface area (Å²) >= 11 is 0. The molecule has 0 amide bonds. The molecule has 4 rings (SSSR count). The summed E-state index contributed by atoms with van der Waals surface area (Å²) in [6, 6.07) is 20.2. The Morgan fingerprint density at radius 3 is 1.98 bits per heavy atom. The molecule has 0 bridgehead atoms. The van der Waals surface area contributed by atoms with Crippen molar-refractivity contribution >= 4 is 0 Å². The maximum Gasteiger partial charge on any atom is 0.122 e. The fraction of sp³-hybridized carbons (Fsp3) is 0.333. The van der Waals surface area contributed by atoms with E-state index in [0.29, 0.717) is 5.76 Å². The Morgan fingerprint density at radius 1 is 0.875 bits per heavy atom. The van der Waals surface area contributed by atoms with Crippen LogP contribution in [0.2, 0.25) is 0 Å². The molecular formula is C36H42O4. The minimum absolute atomic E-state index is 0.0273. The van der Waals surface area contributed by atoms with E-state index in [2.05, 4.69) is 95.0 Å². The largest absolute Gasteiger partial charge is 0.492 e. The lowest BCUT2D eigenvalue weighted by Crippen LogP contribution is -2.29. The van der Waals surface area contributed by atoms with Crippen LogP contribution in [0.5, 0.6) is 5.75 Å². The van der Waals surface area contributed by atoms with E-state index in [1.807, 2.05) is 13.0 Å². The van der Waals surface area contributed by atoms with Crippen LogP contribution in [-0.2, 0) is 23.0 Å². The molecule has 0 aromatic heterocycles. The molecule has 0 spiro atoms. The van der Waals surface area contributed by atoms with Gasteiger partial charge in [-0.1, -0.05) is 81.1 Å². The SMILES string of the molecule is C=C(OCCO)/C(C)=C\C(=C/C)C1(c2ccc(OCCO)c(C)c2)c2ccc(CC)cc2-c2cc(CC)ccc21. The fourth-order valence-electron chi connectivity index (χ4n) is 5.86. The van der Waals surface area contributed by atoms with Crippen molar-refractivity contribution in [3.63, 3.8) is 0 Å². The van der Waals surface area contributed by atoms with Gasteiger partial charge < -0.3 is 19.7 Å². The van der Waals surface area contributed by atoms with Crippen molar-refractivity contribution in [3.8, 4) is 16.9 Å². The molecule has 3 aromatic carbocycles. The lowest BCUT2D eigenvalue weighted by atomic mass is 9.66. The zero-order chi connectivity index (χ0) is 28.9. The van der Waals surface area contributed by atoms with Crippen LogP contribution in [0.15, 0.2) is 90.2 Å². The van der Waals surface area contributed by atoms with Crippen LogP contribution in [0.1, 0.15) is 61.1 Å². The Morgan fingerprint density at radius 2 is 1.48 bits per heavy atom. The van der Waals surface area contributed by atoms with Gasteiger partial charge in [0.25, 0.3) is 0 Å². The van der Waals surface area contributed by atoms with E-state index in [9.17, 15) is 10.2 Å². The molecular weight excluding hydrogens is 496 g/mol. The van der Waals surface area contributed by atoms with E-state index in [1.165, 1.54) is 33.4 Å². The molecule has 0 saturated carbocycles. The van der Waals surface area contributed by atoms with Crippen LogP contribution < -0.4 is 4.74 Å². The van der Waals surface area contributed by atoms with E-state index in [1.54, 1.807) is 0 Å². The highest BCUT2D eigenvalue weighted by atomic mass is 16.5. The Balaban J connectivity index is 2.06. The van der Waals surface area contributed by atoms with Gasteiger partial charge in [0.2, 0.25) is 0 Å². The third-order valence-corrected chi connectivity index (χ3v) is 7.96. The number of allylic oxidation sites excluding steroid dienone is 4. The molecule has 1 aliphatic rings. The second kappa shape index (κ2) is 12.7. The lowest BCUT2D eigenvalue weighted by molar-refractivity contribution is 0.150.